The summed E-state index contributed by atoms with van der Waals surface area (Å²) < 4.78 is 0. The third kappa shape index (κ3) is 4.72. The van der Waals surface area contributed by atoms with Gasteiger partial charge in [0.1, 0.15) is 0 Å². The lowest BCUT2D eigenvalue weighted by molar-refractivity contribution is -0.139. The van der Waals surface area contributed by atoms with E-state index in [4.69, 9.17) is 0 Å². The van der Waals surface area contributed by atoms with Crippen LogP contribution in [0.25, 0.3) is 0 Å². The molecule has 0 bridgehead atoms. The topological polar surface area (TPSA) is 26.8 Å². The minimum atomic E-state index is 0.415. The first-order chi connectivity index (χ1) is 11.6. The summed E-state index contributed by atoms with van der Waals surface area (Å²) in [6.45, 7) is 5.11. The number of nitrogens with zero attached hydrogens (tertiary/aromatic N) is 3. The maximum Gasteiger partial charge on any atom is 0.237 e. The van der Waals surface area contributed by atoms with Crippen LogP contribution < -0.4 is 0 Å². The van der Waals surface area contributed by atoms with Crippen LogP contribution in [0.15, 0.2) is 0 Å². The van der Waals surface area contributed by atoms with Crippen molar-refractivity contribution in [1.29, 1.82) is 0 Å². The monoisotopic (exact) mass is 335 g/mol. The average molecular weight is 336 g/mol. The summed E-state index contributed by atoms with van der Waals surface area (Å²) in [6, 6.07) is 0.567. The molecule has 2 heterocycles. The van der Waals surface area contributed by atoms with Gasteiger partial charge in [-0.1, -0.05) is 12.8 Å². The number of fused-ring (bicyclic) bond motifs is 1. The normalized spacial score (nSPS) is 29.7. The van der Waals surface area contributed by atoms with Gasteiger partial charge in [-0.3, -0.25) is 9.69 Å². The van der Waals surface area contributed by atoms with E-state index in [0.29, 0.717) is 18.5 Å². The number of piperidine rings is 2. The van der Waals surface area contributed by atoms with Gasteiger partial charge in [0.15, 0.2) is 0 Å². The summed E-state index contributed by atoms with van der Waals surface area (Å²) in [6.07, 6.45) is 11.7. The highest BCUT2D eigenvalue weighted by Crippen LogP contribution is 2.35. The second-order valence-corrected chi connectivity index (χ2v) is 8.65. The smallest absolute Gasteiger partial charge is 0.237 e. The van der Waals surface area contributed by atoms with Crippen LogP contribution >= 0.6 is 0 Å². The number of hydrogen-bond acceptors (Lipinski definition) is 3. The Morgan fingerprint density at radius 2 is 1.67 bits per heavy atom. The second kappa shape index (κ2) is 8.66. The van der Waals surface area contributed by atoms with Gasteiger partial charge in [0, 0.05) is 12.6 Å². The summed E-state index contributed by atoms with van der Waals surface area (Å²) in [7, 11) is 4.32. The molecule has 138 valence electrons. The number of hydrogen-bond donors (Lipinski definition) is 0. The molecule has 0 aromatic rings. The van der Waals surface area contributed by atoms with Crippen molar-refractivity contribution < 1.29 is 4.79 Å². The molecule has 0 N–H and O–H groups in total. The van der Waals surface area contributed by atoms with E-state index in [1.165, 1.54) is 64.3 Å². The fraction of sp³-hybridized carbons (Fsp3) is 0.950. The van der Waals surface area contributed by atoms with Crippen molar-refractivity contribution in [2.45, 2.75) is 63.8 Å². The molecular formula is C20H37N3O. The molecule has 2 aliphatic heterocycles. The molecule has 2 saturated heterocycles. The Morgan fingerprint density at radius 3 is 2.42 bits per heavy atom. The third-order valence-electron chi connectivity index (χ3n) is 6.61. The lowest BCUT2D eigenvalue weighted by Gasteiger charge is -2.45. The quantitative estimate of drug-likeness (QED) is 0.773. The van der Waals surface area contributed by atoms with E-state index in [0.717, 1.165) is 31.5 Å². The second-order valence-electron chi connectivity index (χ2n) is 8.65. The molecule has 2 unspecified atom stereocenters. The number of carbonyl (C=O) groups is 1. The zero-order valence-electron chi connectivity index (χ0n) is 15.9. The highest BCUT2D eigenvalue weighted by Gasteiger charge is 2.36. The molecule has 24 heavy (non-hydrogen) atoms. The van der Waals surface area contributed by atoms with Crippen LogP contribution in [0.3, 0.4) is 0 Å². The molecule has 3 fully saturated rings. The molecule has 1 saturated carbocycles. The largest absolute Gasteiger partial charge is 0.338 e. The van der Waals surface area contributed by atoms with Crippen LogP contribution in [0.5, 0.6) is 0 Å². The van der Waals surface area contributed by atoms with Crippen molar-refractivity contribution in [2.75, 3.05) is 46.8 Å². The van der Waals surface area contributed by atoms with Crippen molar-refractivity contribution in [1.82, 2.24) is 14.7 Å². The molecule has 3 rings (SSSR count). The number of carbonyl (C=O) groups excluding carboxylic acids is 1. The Balaban J connectivity index is 1.43. The molecule has 2 atom stereocenters. The molecule has 0 spiro atoms. The summed E-state index contributed by atoms with van der Waals surface area (Å²) in [5.74, 6) is 2.07. The maximum atomic E-state index is 12.9. The summed E-state index contributed by atoms with van der Waals surface area (Å²) >= 11 is 0. The molecule has 1 aliphatic carbocycles. The SMILES string of the molecule is CN(C)CCC1CCN(CC(=O)N2CCCC3CCCCC32)CC1. The van der Waals surface area contributed by atoms with Crippen LogP contribution in [0.1, 0.15) is 57.8 Å². The van der Waals surface area contributed by atoms with Gasteiger partial charge in [-0.25, -0.2) is 0 Å². The van der Waals surface area contributed by atoms with Gasteiger partial charge < -0.3 is 9.80 Å². The molecule has 1 amide bonds. The van der Waals surface area contributed by atoms with Gasteiger partial charge in [-0.15, -0.1) is 0 Å². The van der Waals surface area contributed by atoms with Crippen LogP contribution in [-0.2, 0) is 4.79 Å². The van der Waals surface area contributed by atoms with Crippen LogP contribution in [0, 0.1) is 11.8 Å². The van der Waals surface area contributed by atoms with E-state index in [9.17, 15) is 4.79 Å². The summed E-state index contributed by atoms with van der Waals surface area (Å²) in [4.78, 5) is 19.9. The molecule has 4 nitrogen and oxygen atoms in total. The van der Waals surface area contributed by atoms with Crippen LogP contribution in [0.2, 0.25) is 0 Å². The Labute approximate surface area is 148 Å². The van der Waals surface area contributed by atoms with Gasteiger partial charge in [-0.2, -0.15) is 0 Å². The van der Waals surface area contributed by atoms with E-state index < -0.39 is 0 Å². The van der Waals surface area contributed by atoms with Gasteiger partial charge in [0.2, 0.25) is 5.91 Å². The van der Waals surface area contributed by atoms with Crippen molar-refractivity contribution in [2.24, 2.45) is 11.8 Å². The number of likely N-dealkylation sites (tertiary alicyclic amines) is 2. The van der Waals surface area contributed by atoms with E-state index in [2.05, 4.69) is 28.8 Å². The van der Waals surface area contributed by atoms with Crippen molar-refractivity contribution >= 4 is 5.91 Å². The Morgan fingerprint density at radius 1 is 0.958 bits per heavy atom. The van der Waals surface area contributed by atoms with Gasteiger partial charge in [0.25, 0.3) is 0 Å². The highest BCUT2D eigenvalue weighted by atomic mass is 16.2. The zero-order valence-corrected chi connectivity index (χ0v) is 15.9. The minimum absolute atomic E-state index is 0.415. The summed E-state index contributed by atoms with van der Waals surface area (Å²) in [5.41, 5.74) is 0. The van der Waals surface area contributed by atoms with Gasteiger partial charge in [0.05, 0.1) is 6.54 Å². The molecule has 0 aromatic carbocycles. The number of rotatable bonds is 5. The Hall–Kier alpha value is -0.610. The predicted molar refractivity (Wildman–Crippen MR) is 99.0 cm³/mol. The fourth-order valence-electron chi connectivity index (χ4n) is 5.09. The molecule has 4 heteroatoms. The van der Waals surface area contributed by atoms with Crippen molar-refractivity contribution in [3.63, 3.8) is 0 Å². The van der Waals surface area contributed by atoms with Gasteiger partial charge in [-0.05, 0) is 90.5 Å². The van der Waals surface area contributed by atoms with E-state index in [1.807, 2.05) is 0 Å². The Kier molecular flexibility index (Phi) is 6.56. The van der Waals surface area contributed by atoms with Gasteiger partial charge >= 0.3 is 0 Å². The van der Waals surface area contributed by atoms with Crippen molar-refractivity contribution in [3.8, 4) is 0 Å². The van der Waals surface area contributed by atoms with E-state index in [-0.39, 0.29) is 0 Å². The number of amides is 1. The van der Waals surface area contributed by atoms with Crippen LogP contribution in [0.4, 0.5) is 0 Å². The molecule has 0 radical (unpaired) electrons. The molecule has 0 aromatic heterocycles. The Bertz CT molecular complexity index is 402. The standard InChI is InChI=1S/C20H37N3O/c1-21(2)13-9-17-10-14-22(15-11-17)16-20(24)23-12-5-7-18-6-3-4-8-19(18)23/h17-19H,3-16H2,1-2H3. The zero-order chi connectivity index (χ0) is 16.9. The van der Waals surface area contributed by atoms with Crippen LogP contribution in [-0.4, -0.2) is 73.5 Å². The average Bonchev–Trinajstić information content (AvgIpc) is 2.60. The van der Waals surface area contributed by atoms with E-state index >= 15 is 0 Å². The minimum Gasteiger partial charge on any atom is -0.338 e. The third-order valence-corrected chi connectivity index (χ3v) is 6.61. The first kappa shape index (κ1) is 18.2. The fourth-order valence-corrected chi connectivity index (χ4v) is 5.09. The first-order valence-electron chi connectivity index (χ1n) is 10.3. The highest BCUT2D eigenvalue weighted by molar-refractivity contribution is 5.78. The predicted octanol–water partition coefficient (Wildman–Crippen LogP) is 2.83. The lowest BCUT2D eigenvalue weighted by Crippen LogP contribution is -2.53. The van der Waals surface area contributed by atoms with Crippen molar-refractivity contribution in [3.05, 3.63) is 0 Å². The first-order valence-corrected chi connectivity index (χ1v) is 10.3. The lowest BCUT2D eigenvalue weighted by atomic mass is 9.78. The summed E-state index contributed by atoms with van der Waals surface area (Å²) in [5, 5.41) is 0. The maximum absolute atomic E-state index is 12.9. The molecular weight excluding hydrogens is 298 g/mol. The molecule has 3 aliphatic rings. The van der Waals surface area contributed by atoms with E-state index in [1.54, 1.807) is 0 Å².